The maximum atomic E-state index is 13.6. The van der Waals surface area contributed by atoms with Crippen molar-refractivity contribution in [2.24, 2.45) is 5.92 Å². The van der Waals surface area contributed by atoms with Crippen molar-refractivity contribution in [1.82, 2.24) is 0 Å². The van der Waals surface area contributed by atoms with Gasteiger partial charge in [-0.15, -0.1) is 0 Å². The monoisotopic (exact) mass is 343 g/mol. The summed E-state index contributed by atoms with van der Waals surface area (Å²) in [6.07, 6.45) is -0.0387. The van der Waals surface area contributed by atoms with Gasteiger partial charge in [0.15, 0.2) is 0 Å². The van der Waals surface area contributed by atoms with Crippen molar-refractivity contribution in [3.8, 4) is 0 Å². The van der Waals surface area contributed by atoms with Gasteiger partial charge in [0.05, 0.1) is 22.2 Å². The Labute approximate surface area is 142 Å². The van der Waals surface area contributed by atoms with Crippen molar-refractivity contribution in [3.05, 3.63) is 64.5 Å². The molecule has 3 rings (SSSR count). The van der Waals surface area contributed by atoms with Crippen LogP contribution in [0.5, 0.6) is 0 Å². The summed E-state index contributed by atoms with van der Waals surface area (Å²) in [6.45, 7) is 0.0836. The van der Waals surface area contributed by atoms with Crippen LogP contribution in [0, 0.1) is 21.8 Å². The lowest BCUT2D eigenvalue weighted by atomic mass is 10.1. The third-order valence-electron chi connectivity index (χ3n) is 3.98. The Morgan fingerprint density at radius 1 is 1.24 bits per heavy atom. The molecule has 8 heteroatoms. The Bertz CT molecular complexity index is 855. The van der Waals surface area contributed by atoms with Gasteiger partial charge in [0.1, 0.15) is 5.82 Å². The average molecular weight is 343 g/mol. The molecule has 7 nitrogen and oxygen atoms in total. The van der Waals surface area contributed by atoms with E-state index in [1.54, 1.807) is 12.1 Å². The zero-order valence-corrected chi connectivity index (χ0v) is 13.0. The molecule has 2 aromatic carbocycles. The lowest BCUT2D eigenvalue weighted by Crippen LogP contribution is -2.28. The number of hydrogen-bond acceptors (Lipinski definition) is 4. The minimum Gasteiger partial charge on any atom is -0.323 e. The van der Waals surface area contributed by atoms with E-state index in [2.05, 4.69) is 5.32 Å². The SMILES string of the molecule is O=C(Nc1ccccc1F)[C@H]1CC(=O)N(c2cccc([N+](=O)[O-])c2)C1. The smallest absolute Gasteiger partial charge is 0.271 e. The molecule has 0 aromatic heterocycles. The van der Waals surface area contributed by atoms with Crippen molar-refractivity contribution in [2.45, 2.75) is 6.42 Å². The molecule has 0 unspecified atom stereocenters. The lowest BCUT2D eigenvalue weighted by molar-refractivity contribution is -0.384. The highest BCUT2D eigenvalue weighted by Gasteiger charge is 2.35. The van der Waals surface area contributed by atoms with E-state index in [-0.39, 0.29) is 30.2 Å². The summed E-state index contributed by atoms with van der Waals surface area (Å²) in [7, 11) is 0. The number of nitro benzene ring substituents is 1. The molecule has 128 valence electrons. The molecular formula is C17H14FN3O4. The number of carbonyl (C=O) groups is 2. The van der Waals surface area contributed by atoms with Gasteiger partial charge in [-0.3, -0.25) is 19.7 Å². The third-order valence-corrected chi connectivity index (χ3v) is 3.98. The second-order valence-electron chi connectivity index (χ2n) is 5.65. The van der Waals surface area contributed by atoms with Gasteiger partial charge >= 0.3 is 0 Å². The molecule has 0 spiro atoms. The number of amides is 2. The molecule has 1 N–H and O–H groups in total. The van der Waals surface area contributed by atoms with Gasteiger partial charge in [0, 0.05) is 25.1 Å². The first-order valence-electron chi connectivity index (χ1n) is 7.56. The van der Waals surface area contributed by atoms with E-state index in [0.29, 0.717) is 5.69 Å². The quantitative estimate of drug-likeness (QED) is 0.682. The highest BCUT2D eigenvalue weighted by atomic mass is 19.1. The van der Waals surface area contributed by atoms with Crippen LogP contribution >= 0.6 is 0 Å². The van der Waals surface area contributed by atoms with Gasteiger partial charge in [-0.2, -0.15) is 0 Å². The average Bonchev–Trinajstić information content (AvgIpc) is 2.99. The van der Waals surface area contributed by atoms with E-state index in [1.807, 2.05) is 0 Å². The van der Waals surface area contributed by atoms with E-state index in [9.17, 15) is 24.1 Å². The summed E-state index contributed by atoms with van der Waals surface area (Å²) >= 11 is 0. The van der Waals surface area contributed by atoms with E-state index >= 15 is 0 Å². The summed E-state index contributed by atoms with van der Waals surface area (Å²) < 4.78 is 13.6. The molecule has 1 atom stereocenters. The van der Waals surface area contributed by atoms with Crippen LogP contribution < -0.4 is 10.2 Å². The van der Waals surface area contributed by atoms with Crippen LogP contribution in [0.3, 0.4) is 0 Å². The van der Waals surface area contributed by atoms with Gasteiger partial charge in [-0.1, -0.05) is 18.2 Å². The molecule has 1 fully saturated rings. The number of nitrogens with one attached hydrogen (secondary N) is 1. The van der Waals surface area contributed by atoms with Crippen molar-refractivity contribution >= 4 is 28.9 Å². The predicted octanol–water partition coefficient (Wildman–Crippen LogP) is 2.73. The van der Waals surface area contributed by atoms with E-state index in [0.717, 1.165) is 0 Å². The third kappa shape index (κ3) is 3.47. The molecule has 1 saturated heterocycles. The standard InChI is InChI=1S/C17H14FN3O4/c18-14-6-1-2-7-15(14)19-17(23)11-8-16(22)20(10-11)12-4-3-5-13(9-12)21(24)25/h1-7,9,11H,8,10H2,(H,19,23)/t11-/m0/s1. The molecule has 0 saturated carbocycles. The van der Waals surface area contributed by atoms with Gasteiger partial charge in [-0.25, -0.2) is 4.39 Å². The lowest BCUT2D eigenvalue weighted by Gasteiger charge is -2.16. The number of rotatable bonds is 4. The number of carbonyl (C=O) groups excluding carboxylic acids is 2. The molecule has 0 bridgehead atoms. The Balaban J connectivity index is 1.74. The molecule has 1 aliphatic rings. The summed E-state index contributed by atoms with van der Waals surface area (Å²) in [5.41, 5.74) is 0.277. The van der Waals surface area contributed by atoms with Crippen molar-refractivity contribution in [2.75, 3.05) is 16.8 Å². The Hall–Kier alpha value is -3.29. The number of nitro groups is 1. The Morgan fingerprint density at radius 3 is 2.72 bits per heavy atom. The largest absolute Gasteiger partial charge is 0.323 e. The Kier molecular flexibility index (Phi) is 4.42. The van der Waals surface area contributed by atoms with Crippen LogP contribution in [0.15, 0.2) is 48.5 Å². The first-order chi connectivity index (χ1) is 12.0. The van der Waals surface area contributed by atoms with Gasteiger partial charge in [0.2, 0.25) is 11.8 Å². The minimum atomic E-state index is -0.661. The van der Waals surface area contributed by atoms with E-state index < -0.39 is 22.6 Å². The second-order valence-corrected chi connectivity index (χ2v) is 5.65. The van der Waals surface area contributed by atoms with Gasteiger partial charge in [-0.05, 0) is 18.2 Å². The second kappa shape index (κ2) is 6.68. The molecule has 1 heterocycles. The van der Waals surface area contributed by atoms with E-state index in [1.165, 1.54) is 41.3 Å². The molecule has 1 aliphatic heterocycles. The zero-order chi connectivity index (χ0) is 18.0. The topological polar surface area (TPSA) is 92.6 Å². The minimum absolute atomic E-state index is 0.0387. The van der Waals surface area contributed by atoms with Crippen LogP contribution in [-0.4, -0.2) is 23.3 Å². The summed E-state index contributed by atoms with van der Waals surface area (Å²) in [5.74, 6) is -2.00. The molecular weight excluding hydrogens is 329 g/mol. The van der Waals surface area contributed by atoms with Crippen LogP contribution in [0.1, 0.15) is 6.42 Å². The van der Waals surface area contributed by atoms with Crippen LogP contribution in [0.25, 0.3) is 0 Å². The fourth-order valence-electron chi connectivity index (χ4n) is 2.70. The maximum absolute atomic E-state index is 13.6. The molecule has 0 radical (unpaired) electrons. The zero-order valence-electron chi connectivity index (χ0n) is 13.0. The van der Waals surface area contributed by atoms with Crippen LogP contribution in [-0.2, 0) is 9.59 Å². The maximum Gasteiger partial charge on any atom is 0.271 e. The molecule has 2 amide bonds. The number of nitrogens with zero attached hydrogens (tertiary/aromatic N) is 2. The number of hydrogen-bond donors (Lipinski definition) is 1. The number of para-hydroxylation sites is 1. The highest BCUT2D eigenvalue weighted by molar-refractivity contribution is 6.03. The van der Waals surface area contributed by atoms with Gasteiger partial charge in [0.25, 0.3) is 5.69 Å². The van der Waals surface area contributed by atoms with E-state index in [4.69, 9.17) is 0 Å². The predicted molar refractivity (Wildman–Crippen MR) is 88.6 cm³/mol. The fourth-order valence-corrected chi connectivity index (χ4v) is 2.70. The van der Waals surface area contributed by atoms with Crippen LogP contribution in [0.2, 0.25) is 0 Å². The van der Waals surface area contributed by atoms with Gasteiger partial charge < -0.3 is 10.2 Å². The number of non-ortho nitro benzene ring substituents is 1. The summed E-state index contributed by atoms with van der Waals surface area (Å²) in [4.78, 5) is 36.1. The molecule has 2 aromatic rings. The summed E-state index contributed by atoms with van der Waals surface area (Å²) in [5, 5.41) is 13.3. The van der Waals surface area contributed by atoms with Crippen molar-refractivity contribution < 1.29 is 18.9 Å². The normalized spacial score (nSPS) is 16.8. The first kappa shape index (κ1) is 16.6. The summed E-state index contributed by atoms with van der Waals surface area (Å²) in [6, 6.07) is 11.4. The first-order valence-corrected chi connectivity index (χ1v) is 7.56. The van der Waals surface area contributed by atoms with Crippen molar-refractivity contribution in [1.29, 1.82) is 0 Å². The number of benzene rings is 2. The van der Waals surface area contributed by atoms with Crippen LogP contribution in [0.4, 0.5) is 21.5 Å². The Morgan fingerprint density at radius 2 is 2.00 bits per heavy atom. The number of halogens is 1. The molecule has 0 aliphatic carbocycles. The highest BCUT2D eigenvalue weighted by Crippen LogP contribution is 2.28. The fraction of sp³-hybridized carbons (Fsp3) is 0.176. The molecule has 25 heavy (non-hydrogen) atoms. The van der Waals surface area contributed by atoms with Crippen molar-refractivity contribution in [3.63, 3.8) is 0 Å². The number of anilines is 2.